The molecule has 104 valence electrons. The summed E-state index contributed by atoms with van der Waals surface area (Å²) in [6.07, 6.45) is 1.79. The van der Waals surface area contributed by atoms with Gasteiger partial charge in [-0.15, -0.1) is 0 Å². The third kappa shape index (κ3) is 3.95. The monoisotopic (exact) mass is 267 g/mol. The van der Waals surface area contributed by atoms with Gasteiger partial charge in [-0.3, -0.25) is 4.79 Å². The first-order valence-electron chi connectivity index (χ1n) is 7.10. The summed E-state index contributed by atoms with van der Waals surface area (Å²) in [5.41, 5.74) is 3.14. The Bertz CT molecular complexity index is 545. The topological polar surface area (TPSA) is 29.1 Å². The maximum absolute atomic E-state index is 12.2. The first-order valence-corrected chi connectivity index (χ1v) is 7.10. The van der Waals surface area contributed by atoms with Crippen LogP contribution in [-0.2, 0) is 6.42 Å². The van der Waals surface area contributed by atoms with Crippen LogP contribution in [0.2, 0.25) is 0 Å². The molecule has 0 bridgehead atoms. The average Bonchev–Trinajstić information content (AvgIpc) is 2.48. The molecular weight excluding hydrogens is 246 g/mol. The summed E-state index contributed by atoms with van der Waals surface area (Å²) < 4.78 is 0. The zero-order valence-corrected chi connectivity index (χ0v) is 12.1. The van der Waals surface area contributed by atoms with E-state index in [1.54, 1.807) is 0 Å². The van der Waals surface area contributed by atoms with Crippen molar-refractivity contribution in [1.29, 1.82) is 0 Å². The summed E-state index contributed by atoms with van der Waals surface area (Å²) in [5, 5.41) is 3.11. The molecule has 0 heterocycles. The van der Waals surface area contributed by atoms with E-state index in [0.717, 1.165) is 24.0 Å². The Hall–Kier alpha value is -2.09. The van der Waals surface area contributed by atoms with E-state index < -0.39 is 0 Å². The first-order chi connectivity index (χ1) is 9.69. The molecule has 2 rings (SSSR count). The van der Waals surface area contributed by atoms with E-state index in [4.69, 9.17) is 0 Å². The third-order valence-electron chi connectivity index (χ3n) is 3.47. The number of benzene rings is 2. The van der Waals surface area contributed by atoms with Gasteiger partial charge in [-0.1, -0.05) is 55.0 Å². The van der Waals surface area contributed by atoms with Gasteiger partial charge in [0.25, 0.3) is 5.91 Å². The Labute approximate surface area is 120 Å². The molecule has 0 spiro atoms. The van der Waals surface area contributed by atoms with Gasteiger partial charge in [0, 0.05) is 11.6 Å². The molecule has 1 N–H and O–H groups in total. The Morgan fingerprint density at radius 2 is 1.70 bits per heavy atom. The second-order valence-corrected chi connectivity index (χ2v) is 5.13. The van der Waals surface area contributed by atoms with E-state index in [9.17, 15) is 4.79 Å². The summed E-state index contributed by atoms with van der Waals surface area (Å²) in [6, 6.07) is 18.1. The SMILES string of the molecule is CC[C@H](Cc1ccccc1)NC(=O)c1ccc(C)cc1. The second kappa shape index (κ2) is 6.90. The highest BCUT2D eigenvalue weighted by molar-refractivity contribution is 5.94. The van der Waals surface area contributed by atoms with Crippen molar-refractivity contribution in [3.05, 3.63) is 71.3 Å². The van der Waals surface area contributed by atoms with Crippen LogP contribution in [0, 0.1) is 6.92 Å². The lowest BCUT2D eigenvalue weighted by atomic mass is 10.0. The van der Waals surface area contributed by atoms with Crippen molar-refractivity contribution in [2.75, 3.05) is 0 Å². The van der Waals surface area contributed by atoms with Gasteiger partial charge in [-0.25, -0.2) is 0 Å². The van der Waals surface area contributed by atoms with Gasteiger partial charge in [0.2, 0.25) is 0 Å². The smallest absolute Gasteiger partial charge is 0.251 e. The molecule has 0 aliphatic carbocycles. The normalized spacial score (nSPS) is 11.9. The van der Waals surface area contributed by atoms with Crippen LogP contribution >= 0.6 is 0 Å². The molecule has 0 aromatic heterocycles. The quantitative estimate of drug-likeness (QED) is 0.878. The minimum Gasteiger partial charge on any atom is -0.349 e. The molecule has 2 nitrogen and oxygen atoms in total. The van der Waals surface area contributed by atoms with Crippen molar-refractivity contribution in [2.45, 2.75) is 32.7 Å². The molecule has 2 heteroatoms. The summed E-state index contributed by atoms with van der Waals surface area (Å²) in [4.78, 5) is 12.2. The zero-order chi connectivity index (χ0) is 14.4. The Kier molecular flexibility index (Phi) is 4.94. The van der Waals surface area contributed by atoms with Crippen molar-refractivity contribution < 1.29 is 4.79 Å². The molecule has 0 aliphatic rings. The Morgan fingerprint density at radius 3 is 2.30 bits per heavy atom. The molecule has 2 aromatic carbocycles. The minimum atomic E-state index is 0.00720. The number of amides is 1. The van der Waals surface area contributed by atoms with Crippen LogP contribution in [-0.4, -0.2) is 11.9 Å². The van der Waals surface area contributed by atoms with Crippen LogP contribution in [0.5, 0.6) is 0 Å². The maximum Gasteiger partial charge on any atom is 0.251 e. The van der Waals surface area contributed by atoms with Gasteiger partial charge in [0.05, 0.1) is 0 Å². The molecule has 0 radical (unpaired) electrons. The maximum atomic E-state index is 12.2. The fourth-order valence-electron chi connectivity index (χ4n) is 2.17. The molecule has 0 unspecified atom stereocenters. The molecule has 2 aromatic rings. The van der Waals surface area contributed by atoms with E-state index in [1.165, 1.54) is 5.56 Å². The Morgan fingerprint density at radius 1 is 1.05 bits per heavy atom. The van der Waals surface area contributed by atoms with Crippen molar-refractivity contribution in [3.8, 4) is 0 Å². The summed E-state index contributed by atoms with van der Waals surface area (Å²) in [6.45, 7) is 4.12. The molecule has 0 fully saturated rings. The summed E-state index contributed by atoms with van der Waals surface area (Å²) in [5.74, 6) is 0.00720. The standard InChI is InChI=1S/C18H21NO/c1-3-17(13-15-7-5-4-6-8-15)19-18(20)16-11-9-14(2)10-12-16/h4-12,17H,3,13H2,1-2H3,(H,19,20)/t17-/m1/s1. The van der Waals surface area contributed by atoms with Gasteiger partial charge >= 0.3 is 0 Å². The predicted molar refractivity (Wildman–Crippen MR) is 82.9 cm³/mol. The van der Waals surface area contributed by atoms with Gasteiger partial charge in [0.15, 0.2) is 0 Å². The predicted octanol–water partition coefficient (Wildman–Crippen LogP) is 3.75. The lowest BCUT2D eigenvalue weighted by molar-refractivity contribution is 0.0936. The van der Waals surface area contributed by atoms with Crippen molar-refractivity contribution in [1.82, 2.24) is 5.32 Å². The highest BCUT2D eigenvalue weighted by Gasteiger charge is 2.12. The van der Waals surface area contributed by atoms with E-state index in [-0.39, 0.29) is 11.9 Å². The number of hydrogen-bond donors (Lipinski definition) is 1. The Balaban J connectivity index is 1.99. The van der Waals surface area contributed by atoms with E-state index in [2.05, 4.69) is 24.4 Å². The minimum absolute atomic E-state index is 0.00720. The van der Waals surface area contributed by atoms with E-state index >= 15 is 0 Å². The second-order valence-electron chi connectivity index (χ2n) is 5.13. The number of rotatable bonds is 5. The fraction of sp³-hybridized carbons (Fsp3) is 0.278. The number of nitrogens with one attached hydrogen (secondary N) is 1. The molecule has 20 heavy (non-hydrogen) atoms. The van der Waals surface area contributed by atoms with Crippen molar-refractivity contribution >= 4 is 5.91 Å². The van der Waals surface area contributed by atoms with Gasteiger partial charge < -0.3 is 5.32 Å². The molecule has 1 amide bonds. The molecular formula is C18H21NO. The number of aryl methyl sites for hydroxylation is 1. The molecule has 1 atom stereocenters. The van der Waals surface area contributed by atoms with Gasteiger partial charge in [-0.05, 0) is 37.5 Å². The van der Waals surface area contributed by atoms with Crippen molar-refractivity contribution in [2.24, 2.45) is 0 Å². The van der Waals surface area contributed by atoms with Gasteiger partial charge in [-0.2, -0.15) is 0 Å². The van der Waals surface area contributed by atoms with Gasteiger partial charge in [0.1, 0.15) is 0 Å². The van der Waals surface area contributed by atoms with Crippen LogP contribution in [0.15, 0.2) is 54.6 Å². The van der Waals surface area contributed by atoms with Crippen LogP contribution < -0.4 is 5.32 Å². The number of carbonyl (C=O) groups is 1. The fourth-order valence-corrected chi connectivity index (χ4v) is 2.17. The lowest BCUT2D eigenvalue weighted by Crippen LogP contribution is -2.35. The summed E-state index contributed by atoms with van der Waals surface area (Å²) in [7, 11) is 0. The van der Waals surface area contributed by atoms with E-state index in [1.807, 2.05) is 49.4 Å². The van der Waals surface area contributed by atoms with Crippen LogP contribution in [0.25, 0.3) is 0 Å². The van der Waals surface area contributed by atoms with Crippen LogP contribution in [0.4, 0.5) is 0 Å². The molecule has 0 aliphatic heterocycles. The highest BCUT2D eigenvalue weighted by Crippen LogP contribution is 2.08. The highest BCUT2D eigenvalue weighted by atomic mass is 16.1. The van der Waals surface area contributed by atoms with Crippen LogP contribution in [0.1, 0.15) is 34.8 Å². The summed E-state index contributed by atoms with van der Waals surface area (Å²) >= 11 is 0. The largest absolute Gasteiger partial charge is 0.349 e. The average molecular weight is 267 g/mol. The van der Waals surface area contributed by atoms with Crippen molar-refractivity contribution in [3.63, 3.8) is 0 Å². The van der Waals surface area contributed by atoms with Crippen LogP contribution in [0.3, 0.4) is 0 Å². The first kappa shape index (κ1) is 14.3. The number of carbonyl (C=O) groups excluding carboxylic acids is 1. The van der Waals surface area contributed by atoms with E-state index in [0.29, 0.717) is 0 Å². The number of hydrogen-bond acceptors (Lipinski definition) is 1. The molecule has 0 saturated heterocycles. The lowest BCUT2D eigenvalue weighted by Gasteiger charge is -2.17. The molecule has 0 saturated carbocycles. The zero-order valence-electron chi connectivity index (χ0n) is 12.1. The third-order valence-corrected chi connectivity index (χ3v) is 3.47.